The third kappa shape index (κ3) is 6.66. The second kappa shape index (κ2) is 11.7. The largest absolute Gasteiger partial charge is 0.417 e. The number of nitrogens with zero attached hydrogens (tertiary/aromatic N) is 1. The highest BCUT2D eigenvalue weighted by atomic mass is 35.5. The van der Waals surface area contributed by atoms with Crippen LogP contribution in [0, 0.1) is 13.8 Å². The fraction of sp³-hybridized carbons (Fsp3) is 0.167. The van der Waals surface area contributed by atoms with Crippen LogP contribution < -0.4 is 9.62 Å². The van der Waals surface area contributed by atoms with Gasteiger partial charge in [0.15, 0.2) is 0 Å². The predicted octanol–water partition coefficient (Wildman–Crippen LogP) is 7.08. The van der Waals surface area contributed by atoms with E-state index in [1.54, 1.807) is 19.1 Å². The Morgan fingerprint density at radius 1 is 0.850 bits per heavy atom. The molecule has 0 aliphatic heterocycles. The Morgan fingerprint density at radius 3 is 2.12 bits per heavy atom. The van der Waals surface area contributed by atoms with Crippen molar-refractivity contribution in [2.75, 3.05) is 10.8 Å². The third-order valence-corrected chi connectivity index (χ3v) is 8.37. The highest BCUT2D eigenvalue weighted by Crippen LogP contribution is 2.38. The molecule has 0 heterocycles. The van der Waals surface area contributed by atoms with Crippen LogP contribution in [0.5, 0.6) is 0 Å². The molecule has 4 aromatic rings. The van der Waals surface area contributed by atoms with Crippen molar-refractivity contribution in [3.8, 4) is 0 Å². The van der Waals surface area contributed by atoms with Crippen molar-refractivity contribution < 1.29 is 26.4 Å². The van der Waals surface area contributed by atoms with Gasteiger partial charge in [-0.3, -0.25) is 9.10 Å². The molecular weight excluding hydrogens is 561 g/mol. The number of halogens is 4. The number of amides is 1. The van der Waals surface area contributed by atoms with Crippen molar-refractivity contribution in [1.82, 2.24) is 5.32 Å². The minimum absolute atomic E-state index is 0.173. The van der Waals surface area contributed by atoms with Gasteiger partial charge in [-0.05, 0) is 55.3 Å². The van der Waals surface area contributed by atoms with Gasteiger partial charge in [0.05, 0.1) is 27.2 Å². The summed E-state index contributed by atoms with van der Waals surface area (Å²) in [5.41, 5.74) is 1.70. The van der Waals surface area contributed by atoms with Crippen LogP contribution in [0.15, 0.2) is 102 Å². The number of carbonyl (C=O) groups excluding carboxylic acids is 1. The highest BCUT2D eigenvalue weighted by Gasteiger charge is 2.36. The van der Waals surface area contributed by atoms with E-state index in [0.717, 1.165) is 34.4 Å². The molecule has 5 nitrogen and oxygen atoms in total. The van der Waals surface area contributed by atoms with Crippen LogP contribution in [-0.2, 0) is 21.0 Å². The van der Waals surface area contributed by atoms with Gasteiger partial charge in [0.1, 0.15) is 6.54 Å². The maximum atomic E-state index is 13.7. The number of anilines is 1. The molecule has 4 rings (SSSR count). The van der Waals surface area contributed by atoms with Crippen LogP contribution in [0.3, 0.4) is 0 Å². The number of aryl methyl sites for hydroxylation is 2. The van der Waals surface area contributed by atoms with Crippen molar-refractivity contribution in [2.45, 2.75) is 31.0 Å². The topological polar surface area (TPSA) is 66.5 Å². The number of hydrogen-bond donors (Lipinski definition) is 1. The number of sulfonamides is 1. The molecule has 4 aromatic carbocycles. The third-order valence-electron chi connectivity index (χ3n) is 6.25. The molecule has 0 aliphatic carbocycles. The molecule has 0 saturated carbocycles. The fourth-order valence-electron chi connectivity index (χ4n) is 4.23. The summed E-state index contributed by atoms with van der Waals surface area (Å²) in [6.07, 6.45) is -4.84. The fourth-order valence-corrected chi connectivity index (χ4v) is 5.87. The van der Waals surface area contributed by atoms with E-state index in [1.807, 2.05) is 61.5 Å². The van der Waals surface area contributed by atoms with E-state index >= 15 is 0 Å². The molecule has 1 atom stereocenters. The SMILES string of the molecule is Cc1ccc(S(=O)(=O)N(CC(=O)NC(c2ccccc2)c2cccc(C)c2)c2ccc(Cl)c(C(F)(F)F)c2)cc1. The number of rotatable bonds is 8. The Morgan fingerprint density at radius 2 is 1.50 bits per heavy atom. The van der Waals surface area contributed by atoms with Gasteiger partial charge in [0, 0.05) is 0 Å². The van der Waals surface area contributed by atoms with E-state index in [9.17, 15) is 26.4 Å². The molecular formula is C30H26ClF3N2O3S. The normalized spacial score (nSPS) is 12.6. The lowest BCUT2D eigenvalue weighted by atomic mass is 9.97. The van der Waals surface area contributed by atoms with Crippen molar-refractivity contribution in [3.05, 3.63) is 130 Å². The van der Waals surface area contributed by atoms with E-state index in [4.69, 9.17) is 11.6 Å². The van der Waals surface area contributed by atoms with E-state index in [1.165, 1.54) is 12.1 Å². The van der Waals surface area contributed by atoms with Crippen LogP contribution in [0.2, 0.25) is 5.02 Å². The van der Waals surface area contributed by atoms with Gasteiger partial charge in [-0.1, -0.05) is 89.5 Å². The van der Waals surface area contributed by atoms with Gasteiger partial charge in [-0.25, -0.2) is 8.42 Å². The average molecular weight is 587 g/mol. The standard InChI is InChI=1S/C30H26ClF3N2O3S/c1-20-11-14-25(15-12-20)40(38,39)36(24-13-16-27(31)26(18-24)30(32,33)34)19-28(37)35-29(22-8-4-3-5-9-22)23-10-6-7-21(2)17-23/h3-18,29H,19H2,1-2H3,(H,35,37). The van der Waals surface area contributed by atoms with Crippen LogP contribution in [-0.4, -0.2) is 20.9 Å². The van der Waals surface area contributed by atoms with Gasteiger partial charge < -0.3 is 5.32 Å². The van der Waals surface area contributed by atoms with Crippen LogP contribution in [0.25, 0.3) is 0 Å². The van der Waals surface area contributed by atoms with Gasteiger partial charge in [-0.2, -0.15) is 13.2 Å². The first-order chi connectivity index (χ1) is 18.9. The van der Waals surface area contributed by atoms with E-state index in [0.29, 0.717) is 10.4 Å². The molecule has 10 heteroatoms. The molecule has 0 aromatic heterocycles. The van der Waals surface area contributed by atoms with Crippen LogP contribution in [0.4, 0.5) is 18.9 Å². The van der Waals surface area contributed by atoms with Gasteiger partial charge in [-0.15, -0.1) is 0 Å². The molecule has 40 heavy (non-hydrogen) atoms. The number of hydrogen-bond acceptors (Lipinski definition) is 3. The Balaban J connectivity index is 1.76. The number of alkyl halides is 3. The van der Waals surface area contributed by atoms with Crippen molar-refractivity contribution >= 4 is 33.2 Å². The molecule has 1 unspecified atom stereocenters. The molecule has 0 aliphatic rings. The first-order valence-corrected chi connectivity index (χ1v) is 14.0. The zero-order chi connectivity index (χ0) is 29.1. The van der Waals surface area contributed by atoms with E-state index in [2.05, 4.69) is 5.32 Å². The molecule has 1 amide bonds. The summed E-state index contributed by atoms with van der Waals surface area (Å²) in [7, 11) is -4.45. The maximum Gasteiger partial charge on any atom is 0.417 e. The lowest BCUT2D eigenvalue weighted by Crippen LogP contribution is -2.42. The summed E-state index contributed by atoms with van der Waals surface area (Å²) in [4.78, 5) is 13.3. The Hall–Kier alpha value is -3.82. The number of carbonyl (C=O) groups is 1. The predicted molar refractivity (Wildman–Crippen MR) is 150 cm³/mol. The van der Waals surface area contributed by atoms with Gasteiger partial charge >= 0.3 is 6.18 Å². The summed E-state index contributed by atoms with van der Waals surface area (Å²) in [5.74, 6) is -0.713. The lowest BCUT2D eigenvalue weighted by molar-refractivity contribution is -0.137. The first kappa shape index (κ1) is 29.2. The molecule has 0 fully saturated rings. The maximum absolute atomic E-state index is 13.7. The molecule has 0 bridgehead atoms. The minimum Gasteiger partial charge on any atom is -0.344 e. The van der Waals surface area contributed by atoms with Crippen molar-refractivity contribution in [2.24, 2.45) is 0 Å². The summed E-state index contributed by atoms with van der Waals surface area (Å²) in [6, 6.07) is 24.5. The molecule has 1 N–H and O–H groups in total. The summed E-state index contributed by atoms with van der Waals surface area (Å²) in [5, 5.41) is 2.29. The molecule has 208 valence electrons. The second-order valence-electron chi connectivity index (χ2n) is 9.31. The quantitative estimate of drug-likeness (QED) is 0.240. The second-order valence-corrected chi connectivity index (χ2v) is 11.6. The first-order valence-electron chi connectivity index (χ1n) is 12.2. The monoisotopic (exact) mass is 586 g/mol. The summed E-state index contributed by atoms with van der Waals surface area (Å²) >= 11 is 5.79. The zero-order valence-corrected chi connectivity index (χ0v) is 23.2. The van der Waals surface area contributed by atoms with Crippen molar-refractivity contribution in [1.29, 1.82) is 0 Å². The van der Waals surface area contributed by atoms with Gasteiger partial charge in [0.2, 0.25) is 5.91 Å². The number of benzene rings is 4. The lowest BCUT2D eigenvalue weighted by Gasteiger charge is -2.27. The van der Waals surface area contributed by atoms with Crippen LogP contribution in [0.1, 0.15) is 33.9 Å². The van der Waals surface area contributed by atoms with Crippen LogP contribution >= 0.6 is 11.6 Å². The van der Waals surface area contributed by atoms with Gasteiger partial charge in [0.25, 0.3) is 10.0 Å². The molecule has 0 spiro atoms. The number of nitrogens with one attached hydrogen (secondary N) is 1. The zero-order valence-electron chi connectivity index (χ0n) is 21.6. The smallest absolute Gasteiger partial charge is 0.344 e. The molecule has 0 radical (unpaired) electrons. The average Bonchev–Trinajstić information content (AvgIpc) is 2.91. The summed E-state index contributed by atoms with van der Waals surface area (Å²) in [6.45, 7) is 2.90. The minimum atomic E-state index is -4.84. The Bertz CT molecular complexity index is 1610. The Labute approximate surface area is 236 Å². The Kier molecular flexibility index (Phi) is 8.56. The van der Waals surface area contributed by atoms with E-state index < -0.39 is 45.3 Å². The highest BCUT2D eigenvalue weighted by molar-refractivity contribution is 7.92. The summed E-state index contributed by atoms with van der Waals surface area (Å²) < 4.78 is 69.1. The molecule has 0 saturated heterocycles. The van der Waals surface area contributed by atoms with Crippen molar-refractivity contribution in [3.63, 3.8) is 0 Å². The van der Waals surface area contributed by atoms with E-state index in [-0.39, 0.29) is 10.6 Å².